The highest BCUT2D eigenvalue weighted by molar-refractivity contribution is 6.16. The van der Waals surface area contributed by atoms with Crippen LogP contribution in [-0.2, 0) is 5.41 Å². The molecule has 0 saturated carbocycles. The first-order valence-electron chi connectivity index (χ1n) is 23.2. The van der Waals surface area contributed by atoms with Gasteiger partial charge >= 0.3 is 0 Å². The number of anilines is 6. The van der Waals surface area contributed by atoms with Crippen molar-refractivity contribution in [2.75, 3.05) is 9.80 Å². The smallest absolute Gasteiger partial charge is 0.0471 e. The van der Waals surface area contributed by atoms with Crippen molar-refractivity contribution in [3.63, 3.8) is 0 Å². The van der Waals surface area contributed by atoms with Gasteiger partial charge in [-0.05, 0) is 150 Å². The number of nitrogens with zero attached hydrogens (tertiary/aromatic N) is 2. The molecule has 2 heteroatoms. The SMILES string of the molecule is CC1(C)c2cccc3ccc4cc(N(c5ccc(-c6ccccc6)cc5)c5ccc(-c6ccc(N(c7ccc(-c8ccccc8)cc7)c7ccc(-c8ccccc8)cc7)cc6)cc5)cc1c4c23. The summed E-state index contributed by atoms with van der Waals surface area (Å²) in [6.45, 7) is 4.75. The van der Waals surface area contributed by atoms with Crippen LogP contribution in [0.5, 0.6) is 0 Å². The molecule has 2 nitrogen and oxygen atoms in total. The lowest BCUT2D eigenvalue weighted by Gasteiger charge is -2.29. The van der Waals surface area contributed by atoms with Crippen molar-refractivity contribution in [2.24, 2.45) is 0 Å². The molecule has 0 saturated heterocycles. The van der Waals surface area contributed by atoms with Crippen molar-refractivity contribution >= 4 is 55.7 Å². The second-order valence-electron chi connectivity index (χ2n) is 18.2. The van der Waals surface area contributed by atoms with Crippen molar-refractivity contribution in [1.29, 1.82) is 0 Å². The zero-order valence-corrected chi connectivity index (χ0v) is 37.6. The van der Waals surface area contributed by atoms with E-state index < -0.39 is 0 Å². The quantitative estimate of drug-likeness (QED) is 0.126. The largest absolute Gasteiger partial charge is 0.311 e. The summed E-state index contributed by atoms with van der Waals surface area (Å²) in [5, 5.41) is 5.36. The van der Waals surface area contributed by atoms with E-state index in [2.05, 4.69) is 278 Å². The molecule has 12 rings (SSSR count). The molecule has 11 aromatic rings. The molecule has 0 aliphatic heterocycles. The first kappa shape index (κ1) is 40.1. The molecule has 67 heavy (non-hydrogen) atoms. The Morgan fingerprint density at radius 2 is 0.552 bits per heavy atom. The van der Waals surface area contributed by atoms with Crippen molar-refractivity contribution in [2.45, 2.75) is 19.3 Å². The van der Waals surface area contributed by atoms with Crippen molar-refractivity contribution in [3.05, 3.63) is 266 Å². The van der Waals surface area contributed by atoms with Gasteiger partial charge in [-0.2, -0.15) is 0 Å². The van der Waals surface area contributed by atoms with Crippen LogP contribution >= 0.6 is 0 Å². The summed E-state index contributed by atoms with van der Waals surface area (Å²) in [5.41, 5.74) is 18.9. The summed E-state index contributed by atoms with van der Waals surface area (Å²) in [5.74, 6) is 0. The summed E-state index contributed by atoms with van der Waals surface area (Å²) in [7, 11) is 0. The summed E-state index contributed by atoms with van der Waals surface area (Å²) < 4.78 is 0. The third-order valence-electron chi connectivity index (χ3n) is 13.8. The van der Waals surface area contributed by atoms with Gasteiger partial charge in [0, 0.05) is 39.5 Å². The van der Waals surface area contributed by atoms with Crippen LogP contribution in [0.3, 0.4) is 0 Å². The van der Waals surface area contributed by atoms with E-state index in [0.29, 0.717) is 0 Å². The van der Waals surface area contributed by atoms with Gasteiger partial charge in [0.15, 0.2) is 0 Å². The molecule has 1 aliphatic rings. The maximum absolute atomic E-state index is 2.44. The van der Waals surface area contributed by atoms with Gasteiger partial charge in [-0.25, -0.2) is 0 Å². The fraction of sp³-hybridized carbons (Fsp3) is 0.0462. The van der Waals surface area contributed by atoms with Crippen LogP contribution in [0.1, 0.15) is 25.0 Å². The monoisotopic (exact) mass is 856 g/mol. The molecule has 1 aliphatic carbocycles. The van der Waals surface area contributed by atoms with Gasteiger partial charge in [-0.1, -0.05) is 196 Å². The normalized spacial score (nSPS) is 12.4. The maximum atomic E-state index is 2.44. The molecular weight excluding hydrogens is 809 g/mol. The van der Waals surface area contributed by atoms with E-state index >= 15 is 0 Å². The van der Waals surface area contributed by atoms with Gasteiger partial charge in [0.05, 0.1) is 0 Å². The molecule has 0 amide bonds. The van der Waals surface area contributed by atoms with Crippen LogP contribution in [0, 0.1) is 0 Å². The summed E-state index contributed by atoms with van der Waals surface area (Å²) >= 11 is 0. The molecule has 0 unspecified atom stereocenters. The van der Waals surface area contributed by atoms with E-state index in [-0.39, 0.29) is 5.41 Å². The Bertz CT molecular complexity index is 3440. The molecule has 0 heterocycles. The minimum Gasteiger partial charge on any atom is -0.311 e. The third kappa shape index (κ3) is 7.24. The fourth-order valence-corrected chi connectivity index (χ4v) is 10.3. The summed E-state index contributed by atoms with van der Waals surface area (Å²) in [6, 6.07) is 92.8. The van der Waals surface area contributed by atoms with E-state index in [1.807, 2.05) is 0 Å². The minimum atomic E-state index is -0.122. The Hall–Kier alpha value is -8.46. The van der Waals surface area contributed by atoms with Crippen LogP contribution in [0.15, 0.2) is 255 Å². The standard InChI is InChI=1S/C65H48N2/c1-65(2)61-20-12-19-53-21-22-54-43-60(44-62(65)64(54)63(53)61)67(58-39-27-50(28-40-58)47-17-10-5-11-18-47)59-41-31-52(32-42-59)51-29-37-57(38-30-51)66(55-33-23-48(24-34-55)45-13-6-3-7-14-45)56-35-25-49(26-36-56)46-15-8-4-9-16-46/h3-44H,1-2H3. The van der Waals surface area contributed by atoms with E-state index in [1.165, 1.54) is 66.1 Å². The molecular formula is C65H48N2. The number of rotatable bonds is 10. The lowest BCUT2D eigenvalue weighted by Crippen LogP contribution is -2.17. The number of hydrogen-bond acceptors (Lipinski definition) is 2. The van der Waals surface area contributed by atoms with Crippen molar-refractivity contribution in [3.8, 4) is 44.5 Å². The Morgan fingerprint density at radius 1 is 0.239 bits per heavy atom. The van der Waals surface area contributed by atoms with Crippen molar-refractivity contribution in [1.82, 2.24) is 0 Å². The Balaban J connectivity index is 0.900. The average molecular weight is 857 g/mol. The highest BCUT2D eigenvalue weighted by Crippen LogP contribution is 2.51. The van der Waals surface area contributed by atoms with Gasteiger partial charge in [0.2, 0.25) is 0 Å². The molecule has 0 bridgehead atoms. The van der Waals surface area contributed by atoms with Crippen LogP contribution < -0.4 is 9.80 Å². The highest BCUT2D eigenvalue weighted by atomic mass is 15.1. The number of hydrogen-bond donors (Lipinski definition) is 0. The van der Waals surface area contributed by atoms with Crippen molar-refractivity contribution < 1.29 is 0 Å². The van der Waals surface area contributed by atoms with E-state index in [9.17, 15) is 0 Å². The minimum absolute atomic E-state index is 0.122. The fourth-order valence-electron chi connectivity index (χ4n) is 10.3. The van der Waals surface area contributed by atoms with Gasteiger partial charge < -0.3 is 9.80 Å². The molecule has 318 valence electrons. The van der Waals surface area contributed by atoms with Crippen LogP contribution in [-0.4, -0.2) is 0 Å². The molecule has 0 fully saturated rings. The Kier molecular flexibility index (Phi) is 9.88. The maximum Gasteiger partial charge on any atom is 0.0471 e. The van der Waals surface area contributed by atoms with Crippen LogP contribution in [0.2, 0.25) is 0 Å². The zero-order chi connectivity index (χ0) is 44.9. The van der Waals surface area contributed by atoms with Gasteiger partial charge in [-0.3, -0.25) is 0 Å². The topological polar surface area (TPSA) is 6.48 Å². The molecule has 0 aromatic heterocycles. The first-order valence-corrected chi connectivity index (χ1v) is 23.2. The lowest BCUT2D eigenvalue weighted by molar-refractivity contribution is 0.663. The summed E-state index contributed by atoms with van der Waals surface area (Å²) in [6.07, 6.45) is 0. The molecule has 11 aromatic carbocycles. The zero-order valence-electron chi connectivity index (χ0n) is 37.6. The van der Waals surface area contributed by atoms with Gasteiger partial charge in [0.25, 0.3) is 0 Å². The Labute approximate surface area is 393 Å². The third-order valence-corrected chi connectivity index (χ3v) is 13.8. The van der Waals surface area contributed by atoms with E-state index in [1.54, 1.807) is 0 Å². The molecule has 0 spiro atoms. The van der Waals surface area contributed by atoms with Crippen LogP contribution in [0.25, 0.3) is 66.1 Å². The first-order chi connectivity index (χ1) is 33.0. The van der Waals surface area contributed by atoms with E-state index in [0.717, 1.165) is 45.3 Å². The highest BCUT2D eigenvalue weighted by Gasteiger charge is 2.35. The predicted octanol–water partition coefficient (Wildman–Crippen LogP) is 18.2. The second-order valence-corrected chi connectivity index (χ2v) is 18.2. The molecule has 0 radical (unpaired) electrons. The number of benzene rings is 11. The van der Waals surface area contributed by atoms with E-state index in [4.69, 9.17) is 0 Å². The van der Waals surface area contributed by atoms with Gasteiger partial charge in [0.1, 0.15) is 0 Å². The van der Waals surface area contributed by atoms with Crippen LogP contribution in [0.4, 0.5) is 34.1 Å². The lowest BCUT2D eigenvalue weighted by atomic mass is 9.81. The second kappa shape index (κ2) is 16.5. The summed E-state index contributed by atoms with van der Waals surface area (Å²) in [4.78, 5) is 4.77. The van der Waals surface area contributed by atoms with Gasteiger partial charge in [-0.15, -0.1) is 0 Å². The predicted molar refractivity (Wildman–Crippen MR) is 285 cm³/mol. The average Bonchev–Trinajstić information content (AvgIpc) is 3.63. The molecule has 0 N–H and O–H groups in total. The Morgan fingerprint density at radius 3 is 0.925 bits per heavy atom. The molecule has 0 atom stereocenters.